The first-order valence-electron chi connectivity index (χ1n) is 6.06. The van der Waals surface area contributed by atoms with Gasteiger partial charge in [0.2, 0.25) is 0 Å². The van der Waals surface area contributed by atoms with Crippen LogP contribution in [0.25, 0.3) is 0 Å². The molecule has 0 saturated carbocycles. The first-order chi connectivity index (χ1) is 9.72. The number of anilines is 2. The Bertz CT molecular complexity index is 785. The molecule has 0 fully saturated rings. The van der Waals surface area contributed by atoms with Gasteiger partial charge in [0.1, 0.15) is 0 Å². The van der Waals surface area contributed by atoms with Gasteiger partial charge in [-0.3, -0.25) is 4.72 Å². The number of para-hydroxylation sites is 1. The Balaban J connectivity index is 2.54. The van der Waals surface area contributed by atoms with Crippen molar-refractivity contribution >= 4 is 44.6 Å². The Labute approximate surface area is 133 Å². The molecule has 0 aromatic heterocycles. The van der Waals surface area contributed by atoms with E-state index in [2.05, 4.69) is 4.72 Å². The van der Waals surface area contributed by atoms with Crippen LogP contribution in [0, 0.1) is 13.8 Å². The Morgan fingerprint density at radius 3 is 2.24 bits per heavy atom. The molecule has 0 aliphatic heterocycles. The summed E-state index contributed by atoms with van der Waals surface area (Å²) in [7, 11) is -3.83. The van der Waals surface area contributed by atoms with E-state index in [4.69, 9.17) is 28.9 Å². The summed E-state index contributed by atoms with van der Waals surface area (Å²) in [6.45, 7) is 3.43. The lowest BCUT2D eigenvalue weighted by Gasteiger charge is -2.14. The summed E-state index contributed by atoms with van der Waals surface area (Å²) >= 11 is 12.0. The highest BCUT2D eigenvalue weighted by atomic mass is 35.5. The van der Waals surface area contributed by atoms with Crippen LogP contribution in [0.15, 0.2) is 35.2 Å². The fraction of sp³-hybridized carbons (Fsp3) is 0.143. The molecule has 0 aliphatic rings. The largest absolute Gasteiger partial charge is 0.398 e. The van der Waals surface area contributed by atoms with Crippen LogP contribution in [0.1, 0.15) is 11.1 Å². The molecule has 0 bridgehead atoms. The van der Waals surface area contributed by atoms with Crippen LogP contribution >= 0.6 is 23.2 Å². The van der Waals surface area contributed by atoms with Crippen molar-refractivity contribution in [1.29, 1.82) is 0 Å². The summed E-state index contributed by atoms with van der Waals surface area (Å²) in [6.07, 6.45) is 0. The van der Waals surface area contributed by atoms with Gasteiger partial charge < -0.3 is 5.73 Å². The minimum Gasteiger partial charge on any atom is -0.398 e. The average molecular weight is 345 g/mol. The van der Waals surface area contributed by atoms with E-state index in [1.54, 1.807) is 44.2 Å². The van der Waals surface area contributed by atoms with Crippen LogP contribution in [0.2, 0.25) is 10.0 Å². The Morgan fingerprint density at radius 2 is 1.67 bits per heavy atom. The predicted molar refractivity (Wildman–Crippen MR) is 87.6 cm³/mol. The summed E-state index contributed by atoms with van der Waals surface area (Å²) < 4.78 is 27.5. The van der Waals surface area contributed by atoms with E-state index < -0.39 is 10.0 Å². The summed E-state index contributed by atoms with van der Waals surface area (Å²) in [5, 5.41) is 0.453. The summed E-state index contributed by atoms with van der Waals surface area (Å²) in [6, 6.07) is 8.03. The average Bonchev–Trinajstić information content (AvgIpc) is 2.38. The number of sulfonamides is 1. The lowest BCUT2D eigenvalue weighted by Crippen LogP contribution is -2.16. The topological polar surface area (TPSA) is 72.2 Å². The highest BCUT2D eigenvalue weighted by molar-refractivity contribution is 7.92. The summed E-state index contributed by atoms with van der Waals surface area (Å²) in [5.74, 6) is 0. The minimum atomic E-state index is -3.83. The SMILES string of the molecule is Cc1cc(N)c(C)c(S(=O)(=O)Nc2c(Cl)cccc2Cl)c1. The zero-order valence-corrected chi connectivity index (χ0v) is 13.8. The van der Waals surface area contributed by atoms with E-state index in [9.17, 15) is 8.42 Å². The van der Waals surface area contributed by atoms with Gasteiger partial charge in [-0.1, -0.05) is 29.3 Å². The molecule has 2 aromatic rings. The maximum atomic E-state index is 12.5. The second kappa shape index (κ2) is 5.75. The van der Waals surface area contributed by atoms with E-state index in [0.717, 1.165) is 5.56 Å². The minimum absolute atomic E-state index is 0.107. The fourth-order valence-corrected chi connectivity index (χ4v) is 3.98. The monoisotopic (exact) mass is 344 g/mol. The molecular weight excluding hydrogens is 331 g/mol. The van der Waals surface area contributed by atoms with Gasteiger partial charge in [-0.05, 0) is 49.2 Å². The van der Waals surface area contributed by atoms with Crippen molar-refractivity contribution in [3.63, 3.8) is 0 Å². The molecule has 0 unspecified atom stereocenters. The Hall–Kier alpha value is -1.43. The molecule has 0 aliphatic carbocycles. The third kappa shape index (κ3) is 3.26. The van der Waals surface area contributed by atoms with Crippen LogP contribution in [-0.4, -0.2) is 8.42 Å². The fourth-order valence-electron chi connectivity index (χ4n) is 1.92. The van der Waals surface area contributed by atoms with Gasteiger partial charge in [-0.15, -0.1) is 0 Å². The lowest BCUT2D eigenvalue weighted by molar-refractivity contribution is 0.600. The molecule has 0 atom stereocenters. The molecule has 0 saturated heterocycles. The van der Waals surface area contributed by atoms with E-state index >= 15 is 0 Å². The quantitative estimate of drug-likeness (QED) is 0.826. The van der Waals surface area contributed by atoms with E-state index in [-0.39, 0.29) is 20.6 Å². The number of hydrogen-bond donors (Lipinski definition) is 2. The highest BCUT2D eigenvalue weighted by Gasteiger charge is 2.21. The van der Waals surface area contributed by atoms with E-state index in [0.29, 0.717) is 11.3 Å². The molecule has 2 aromatic carbocycles. The molecule has 7 heteroatoms. The van der Waals surface area contributed by atoms with Crippen molar-refractivity contribution in [3.05, 3.63) is 51.5 Å². The number of aryl methyl sites for hydroxylation is 1. The maximum absolute atomic E-state index is 12.5. The standard InChI is InChI=1S/C14H14Cl2N2O2S/c1-8-6-12(17)9(2)13(7-8)21(19,20)18-14-10(15)4-3-5-11(14)16/h3-7,18H,17H2,1-2H3. The van der Waals surface area contributed by atoms with Gasteiger partial charge in [-0.2, -0.15) is 0 Å². The van der Waals surface area contributed by atoms with Crippen molar-refractivity contribution in [3.8, 4) is 0 Å². The first kappa shape index (κ1) is 15.9. The molecule has 0 heterocycles. The molecule has 3 N–H and O–H groups in total. The highest BCUT2D eigenvalue weighted by Crippen LogP contribution is 2.33. The molecular formula is C14H14Cl2N2O2S. The Morgan fingerprint density at radius 1 is 1.10 bits per heavy atom. The second-order valence-corrected chi connectivity index (χ2v) is 7.14. The van der Waals surface area contributed by atoms with Crippen LogP contribution in [-0.2, 0) is 10.0 Å². The lowest BCUT2D eigenvalue weighted by atomic mass is 10.1. The number of nitrogens with two attached hydrogens (primary N) is 1. The van der Waals surface area contributed by atoms with Gasteiger partial charge in [-0.25, -0.2) is 8.42 Å². The summed E-state index contributed by atoms with van der Waals surface area (Å²) in [4.78, 5) is 0.107. The second-order valence-electron chi connectivity index (χ2n) is 4.68. The normalized spacial score (nSPS) is 11.4. The van der Waals surface area contributed by atoms with Gasteiger partial charge in [0.25, 0.3) is 10.0 Å². The summed E-state index contributed by atoms with van der Waals surface area (Å²) in [5.41, 5.74) is 7.63. The van der Waals surface area contributed by atoms with Crippen LogP contribution < -0.4 is 10.5 Å². The molecule has 21 heavy (non-hydrogen) atoms. The van der Waals surface area contributed by atoms with Crippen LogP contribution in [0.5, 0.6) is 0 Å². The predicted octanol–water partition coefficient (Wildman–Crippen LogP) is 3.99. The third-order valence-corrected chi connectivity index (χ3v) is 5.14. The number of nitrogen functional groups attached to an aromatic ring is 1. The molecule has 0 spiro atoms. The van der Waals surface area contributed by atoms with Gasteiger partial charge >= 0.3 is 0 Å². The number of halogens is 2. The van der Waals surface area contributed by atoms with Crippen molar-refractivity contribution in [2.75, 3.05) is 10.5 Å². The van der Waals surface area contributed by atoms with Gasteiger partial charge in [0.05, 0.1) is 20.6 Å². The number of nitrogens with one attached hydrogen (secondary N) is 1. The van der Waals surface area contributed by atoms with Crippen LogP contribution in [0.3, 0.4) is 0 Å². The van der Waals surface area contributed by atoms with Gasteiger partial charge in [0.15, 0.2) is 0 Å². The Kier molecular flexibility index (Phi) is 4.37. The number of rotatable bonds is 3. The maximum Gasteiger partial charge on any atom is 0.262 e. The van der Waals surface area contributed by atoms with Crippen molar-refractivity contribution in [2.45, 2.75) is 18.7 Å². The molecule has 112 valence electrons. The third-order valence-electron chi connectivity index (χ3n) is 3.03. The van der Waals surface area contributed by atoms with Crippen molar-refractivity contribution in [1.82, 2.24) is 0 Å². The molecule has 0 radical (unpaired) electrons. The first-order valence-corrected chi connectivity index (χ1v) is 8.30. The molecule has 4 nitrogen and oxygen atoms in total. The van der Waals surface area contributed by atoms with E-state index in [1.807, 2.05) is 0 Å². The van der Waals surface area contributed by atoms with E-state index in [1.165, 1.54) is 0 Å². The zero-order valence-electron chi connectivity index (χ0n) is 11.4. The number of benzene rings is 2. The smallest absolute Gasteiger partial charge is 0.262 e. The molecule has 0 amide bonds. The van der Waals surface area contributed by atoms with Crippen molar-refractivity contribution < 1.29 is 8.42 Å². The van der Waals surface area contributed by atoms with Crippen LogP contribution in [0.4, 0.5) is 11.4 Å². The number of hydrogen-bond acceptors (Lipinski definition) is 3. The molecule has 2 rings (SSSR count). The van der Waals surface area contributed by atoms with Crippen molar-refractivity contribution in [2.24, 2.45) is 0 Å². The zero-order chi connectivity index (χ0) is 15.8. The van der Waals surface area contributed by atoms with Gasteiger partial charge in [0, 0.05) is 5.69 Å².